The standard InChI is InChI=1S/C20H30N4O5S/c1-3-21(4-2)20(25)16-8-7-11-22(15-16)18-10-9-17(24(26)27)14-19(18)30(28,29)23-12-5-6-13-23/h9-10,14,16H,3-8,11-13,15H2,1-2H3. The minimum atomic E-state index is -3.85. The van der Waals surface area contributed by atoms with Gasteiger partial charge < -0.3 is 9.80 Å². The summed E-state index contributed by atoms with van der Waals surface area (Å²) in [4.78, 5) is 27.3. The second-order valence-electron chi connectivity index (χ2n) is 7.82. The molecular formula is C20H30N4O5S. The molecule has 0 aliphatic carbocycles. The maximum atomic E-state index is 13.3. The van der Waals surface area contributed by atoms with Gasteiger partial charge in [0.25, 0.3) is 5.69 Å². The minimum absolute atomic E-state index is 0.0328. The van der Waals surface area contributed by atoms with Crippen LogP contribution >= 0.6 is 0 Å². The normalized spacial score (nSPS) is 20.3. The average molecular weight is 439 g/mol. The number of amides is 1. The number of nitro groups is 1. The summed E-state index contributed by atoms with van der Waals surface area (Å²) in [7, 11) is -3.85. The summed E-state index contributed by atoms with van der Waals surface area (Å²) < 4.78 is 28.0. The Kier molecular flexibility index (Phi) is 6.97. The van der Waals surface area contributed by atoms with Crippen molar-refractivity contribution in [3.8, 4) is 0 Å². The number of sulfonamides is 1. The highest BCUT2D eigenvalue weighted by molar-refractivity contribution is 7.89. The third kappa shape index (κ3) is 4.44. The van der Waals surface area contributed by atoms with E-state index in [0.717, 1.165) is 25.7 Å². The summed E-state index contributed by atoms with van der Waals surface area (Å²) in [5, 5.41) is 11.3. The smallest absolute Gasteiger partial charge is 0.270 e. The summed E-state index contributed by atoms with van der Waals surface area (Å²) in [5.74, 6) is -0.133. The number of piperidine rings is 1. The molecule has 10 heteroatoms. The van der Waals surface area contributed by atoms with Crippen LogP contribution in [-0.4, -0.2) is 67.7 Å². The molecule has 166 valence electrons. The zero-order chi connectivity index (χ0) is 21.9. The van der Waals surface area contributed by atoms with Crippen LogP contribution < -0.4 is 4.90 Å². The number of non-ortho nitro benzene ring substituents is 1. The Labute approximate surface area is 177 Å². The Hall–Kier alpha value is -2.20. The van der Waals surface area contributed by atoms with E-state index < -0.39 is 14.9 Å². The number of anilines is 1. The van der Waals surface area contributed by atoms with Gasteiger partial charge in [-0.1, -0.05) is 0 Å². The van der Waals surface area contributed by atoms with Gasteiger partial charge in [0.15, 0.2) is 0 Å². The third-order valence-corrected chi connectivity index (χ3v) is 7.95. The first kappa shape index (κ1) is 22.5. The molecule has 1 unspecified atom stereocenters. The van der Waals surface area contributed by atoms with Gasteiger partial charge in [-0.05, 0) is 45.6 Å². The third-order valence-electron chi connectivity index (χ3n) is 6.02. The highest BCUT2D eigenvalue weighted by atomic mass is 32.2. The zero-order valence-electron chi connectivity index (χ0n) is 17.6. The fourth-order valence-electron chi connectivity index (χ4n) is 4.34. The first-order chi connectivity index (χ1) is 14.3. The van der Waals surface area contributed by atoms with Gasteiger partial charge in [-0.3, -0.25) is 14.9 Å². The van der Waals surface area contributed by atoms with E-state index in [4.69, 9.17) is 0 Å². The van der Waals surface area contributed by atoms with Crippen LogP contribution in [0.2, 0.25) is 0 Å². The number of hydrogen-bond acceptors (Lipinski definition) is 6. The average Bonchev–Trinajstić information content (AvgIpc) is 3.30. The molecule has 2 fully saturated rings. The fourth-order valence-corrected chi connectivity index (χ4v) is 6.09. The van der Waals surface area contributed by atoms with E-state index in [2.05, 4.69) is 0 Å². The predicted octanol–water partition coefficient (Wildman–Crippen LogP) is 2.46. The molecule has 1 aromatic carbocycles. The number of carbonyl (C=O) groups is 1. The van der Waals surface area contributed by atoms with E-state index >= 15 is 0 Å². The second kappa shape index (κ2) is 9.30. The molecule has 2 heterocycles. The summed E-state index contributed by atoms with van der Waals surface area (Å²) in [6, 6.07) is 4.03. The number of rotatable bonds is 7. The lowest BCUT2D eigenvalue weighted by atomic mass is 9.96. The van der Waals surface area contributed by atoms with E-state index in [1.54, 1.807) is 4.90 Å². The van der Waals surface area contributed by atoms with Crippen LogP contribution in [0.15, 0.2) is 23.1 Å². The highest BCUT2D eigenvalue weighted by Gasteiger charge is 2.35. The lowest BCUT2D eigenvalue weighted by Gasteiger charge is -2.36. The van der Waals surface area contributed by atoms with Crippen LogP contribution in [0.3, 0.4) is 0 Å². The summed E-state index contributed by atoms with van der Waals surface area (Å²) in [6.45, 7) is 7.03. The largest absolute Gasteiger partial charge is 0.370 e. The fraction of sp³-hybridized carbons (Fsp3) is 0.650. The summed E-state index contributed by atoms with van der Waals surface area (Å²) in [5.41, 5.74) is 0.203. The Morgan fingerprint density at radius 2 is 1.83 bits per heavy atom. The monoisotopic (exact) mass is 438 g/mol. The first-order valence-corrected chi connectivity index (χ1v) is 12.1. The zero-order valence-corrected chi connectivity index (χ0v) is 18.4. The molecule has 0 spiro atoms. The molecule has 1 aromatic rings. The van der Waals surface area contributed by atoms with Crippen molar-refractivity contribution in [3.63, 3.8) is 0 Å². The van der Waals surface area contributed by atoms with Gasteiger partial charge in [0, 0.05) is 51.4 Å². The van der Waals surface area contributed by atoms with Crippen molar-refractivity contribution in [2.75, 3.05) is 44.2 Å². The predicted molar refractivity (Wildman–Crippen MR) is 114 cm³/mol. The van der Waals surface area contributed by atoms with E-state index in [9.17, 15) is 23.3 Å². The summed E-state index contributed by atoms with van der Waals surface area (Å²) in [6.07, 6.45) is 3.09. The van der Waals surface area contributed by atoms with Crippen molar-refractivity contribution < 1.29 is 18.1 Å². The van der Waals surface area contributed by atoms with Gasteiger partial charge in [0.05, 0.1) is 16.5 Å². The summed E-state index contributed by atoms with van der Waals surface area (Å²) >= 11 is 0. The molecular weight excluding hydrogens is 408 g/mol. The van der Waals surface area contributed by atoms with Gasteiger partial charge in [-0.25, -0.2) is 8.42 Å². The van der Waals surface area contributed by atoms with Crippen LogP contribution in [0.25, 0.3) is 0 Å². The molecule has 0 bridgehead atoms. The van der Waals surface area contributed by atoms with E-state index in [0.29, 0.717) is 45.0 Å². The molecule has 0 radical (unpaired) electrons. The van der Waals surface area contributed by atoms with Crippen LogP contribution in [-0.2, 0) is 14.8 Å². The molecule has 1 atom stereocenters. The van der Waals surface area contributed by atoms with Crippen molar-refractivity contribution in [1.29, 1.82) is 0 Å². The lowest BCUT2D eigenvalue weighted by molar-refractivity contribution is -0.385. The first-order valence-electron chi connectivity index (χ1n) is 10.6. The van der Waals surface area contributed by atoms with E-state index in [1.165, 1.54) is 22.5 Å². The minimum Gasteiger partial charge on any atom is -0.370 e. The molecule has 2 aliphatic rings. The molecule has 3 rings (SSSR count). The molecule has 9 nitrogen and oxygen atoms in total. The number of benzene rings is 1. The number of nitro benzene ring substituents is 1. The maximum absolute atomic E-state index is 13.3. The Bertz CT molecular complexity index is 894. The van der Waals surface area contributed by atoms with Gasteiger partial charge in [0.1, 0.15) is 4.90 Å². The molecule has 30 heavy (non-hydrogen) atoms. The number of nitrogens with zero attached hydrogens (tertiary/aromatic N) is 4. The van der Waals surface area contributed by atoms with Gasteiger partial charge in [-0.15, -0.1) is 0 Å². The van der Waals surface area contributed by atoms with Crippen molar-refractivity contribution in [2.24, 2.45) is 5.92 Å². The van der Waals surface area contributed by atoms with Crippen LogP contribution in [0.4, 0.5) is 11.4 Å². The van der Waals surface area contributed by atoms with E-state index in [1.807, 2.05) is 18.7 Å². The van der Waals surface area contributed by atoms with Crippen molar-refractivity contribution in [1.82, 2.24) is 9.21 Å². The molecule has 2 saturated heterocycles. The molecule has 0 N–H and O–H groups in total. The second-order valence-corrected chi connectivity index (χ2v) is 9.72. The van der Waals surface area contributed by atoms with Crippen LogP contribution in [0, 0.1) is 16.0 Å². The van der Waals surface area contributed by atoms with Gasteiger partial charge >= 0.3 is 0 Å². The van der Waals surface area contributed by atoms with Crippen molar-refractivity contribution in [2.45, 2.75) is 44.4 Å². The van der Waals surface area contributed by atoms with Crippen molar-refractivity contribution >= 4 is 27.3 Å². The lowest BCUT2D eigenvalue weighted by Crippen LogP contribution is -2.45. The molecule has 2 aliphatic heterocycles. The number of hydrogen-bond donors (Lipinski definition) is 0. The van der Waals surface area contributed by atoms with Gasteiger partial charge in [0.2, 0.25) is 15.9 Å². The Morgan fingerprint density at radius 3 is 2.43 bits per heavy atom. The van der Waals surface area contributed by atoms with Crippen LogP contribution in [0.5, 0.6) is 0 Å². The molecule has 0 aromatic heterocycles. The molecule has 1 amide bonds. The maximum Gasteiger partial charge on any atom is 0.270 e. The SMILES string of the molecule is CCN(CC)C(=O)C1CCCN(c2ccc([N+](=O)[O-])cc2S(=O)(=O)N2CCCC2)C1. The Balaban J connectivity index is 1.96. The van der Waals surface area contributed by atoms with Crippen LogP contribution in [0.1, 0.15) is 39.5 Å². The van der Waals surface area contributed by atoms with Gasteiger partial charge in [-0.2, -0.15) is 4.31 Å². The number of carbonyl (C=O) groups excluding carboxylic acids is 1. The van der Waals surface area contributed by atoms with Crippen molar-refractivity contribution in [3.05, 3.63) is 28.3 Å². The molecule has 0 saturated carbocycles. The Morgan fingerprint density at radius 1 is 1.17 bits per heavy atom. The highest BCUT2D eigenvalue weighted by Crippen LogP contribution is 2.35. The topological polar surface area (TPSA) is 104 Å². The quantitative estimate of drug-likeness (QED) is 0.478. The van der Waals surface area contributed by atoms with E-state index in [-0.39, 0.29) is 22.4 Å².